The molecule has 4 rings (SSSR count). The van der Waals surface area contributed by atoms with E-state index < -0.39 is 21.5 Å². The molecular weight excluding hydrogens is 438 g/mol. The number of pyridine rings is 1. The summed E-state index contributed by atoms with van der Waals surface area (Å²) in [5.74, 6) is -1.45. The van der Waals surface area contributed by atoms with Crippen molar-refractivity contribution in [1.82, 2.24) is 9.55 Å². The Balaban J connectivity index is 1.93. The second-order valence-electron chi connectivity index (χ2n) is 7.18. The molecule has 2 heterocycles. The van der Waals surface area contributed by atoms with Crippen molar-refractivity contribution in [2.45, 2.75) is 6.92 Å². The summed E-state index contributed by atoms with van der Waals surface area (Å²) in [6.07, 6.45) is 3.24. The lowest BCUT2D eigenvalue weighted by molar-refractivity contribution is 0.439. The molecule has 0 spiro atoms. The first kappa shape index (κ1) is 21.6. The maximum absolute atomic E-state index is 14.2. The number of nitrogens with one attached hydrogen (secondary N) is 3. The molecule has 1 atom stereocenters. The van der Waals surface area contributed by atoms with Crippen LogP contribution in [0.5, 0.6) is 11.5 Å². The molecule has 2 aromatic heterocycles. The Labute approximate surface area is 182 Å². The molecule has 3 N–H and O–H groups in total. The van der Waals surface area contributed by atoms with Crippen LogP contribution in [-0.2, 0) is 17.0 Å². The molecule has 7 nitrogen and oxygen atoms in total. The first-order chi connectivity index (χ1) is 15.2. The number of H-pyrrole nitrogens is 1. The average Bonchev–Trinajstić information content (AvgIpc) is 3.24. The van der Waals surface area contributed by atoms with E-state index in [2.05, 4.69) is 9.71 Å². The average molecular weight is 458 g/mol. The van der Waals surface area contributed by atoms with Gasteiger partial charge in [0, 0.05) is 53.5 Å². The summed E-state index contributed by atoms with van der Waals surface area (Å²) in [5, 5.41) is 0.608. The van der Waals surface area contributed by atoms with Gasteiger partial charge < -0.3 is 14.3 Å². The number of ether oxygens (including phenoxy) is 1. The van der Waals surface area contributed by atoms with E-state index in [4.69, 9.17) is 9.52 Å². The maximum atomic E-state index is 14.2. The lowest BCUT2D eigenvalue weighted by atomic mass is 10.0. The number of aromatic nitrogens is 2. The van der Waals surface area contributed by atoms with Crippen LogP contribution in [0, 0.1) is 16.4 Å². The second kappa shape index (κ2) is 8.12. The molecule has 10 heteroatoms. The number of nitrogens with zero attached hydrogens (tertiary/aromatic N) is 1. The zero-order chi connectivity index (χ0) is 23.0. The van der Waals surface area contributed by atoms with Gasteiger partial charge in [0.1, 0.15) is 27.0 Å². The van der Waals surface area contributed by atoms with Crippen molar-refractivity contribution in [2.24, 2.45) is 7.05 Å². The summed E-state index contributed by atoms with van der Waals surface area (Å²) >= 11 is 0. The number of rotatable bonds is 6. The SMILES string of the molecule is CCS(=N)(=O)Nc1ccc(Oc2ccc(F)cc2F)c(-c2cn(C)c(=O)c3[nH]ccc23)c1. The van der Waals surface area contributed by atoms with E-state index in [1.807, 2.05) is 0 Å². The van der Waals surface area contributed by atoms with Crippen LogP contribution in [0.4, 0.5) is 14.5 Å². The van der Waals surface area contributed by atoms with Crippen molar-refractivity contribution in [3.05, 3.63) is 76.8 Å². The number of aromatic amines is 1. The minimum absolute atomic E-state index is 0.100. The van der Waals surface area contributed by atoms with Gasteiger partial charge in [0.05, 0.1) is 0 Å². The molecule has 0 saturated heterocycles. The van der Waals surface area contributed by atoms with Crippen LogP contribution in [0.25, 0.3) is 22.0 Å². The summed E-state index contributed by atoms with van der Waals surface area (Å²) in [6.45, 7) is 1.63. The van der Waals surface area contributed by atoms with Crippen molar-refractivity contribution < 1.29 is 17.7 Å². The van der Waals surface area contributed by atoms with E-state index in [0.717, 1.165) is 12.1 Å². The van der Waals surface area contributed by atoms with Crippen LogP contribution in [0.15, 0.2) is 59.7 Å². The van der Waals surface area contributed by atoms with Gasteiger partial charge >= 0.3 is 0 Å². The molecule has 0 bridgehead atoms. The van der Waals surface area contributed by atoms with Crippen LogP contribution in [0.1, 0.15) is 6.92 Å². The van der Waals surface area contributed by atoms with E-state index in [1.165, 1.54) is 16.7 Å². The molecule has 0 aliphatic rings. The van der Waals surface area contributed by atoms with E-state index in [9.17, 15) is 17.8 Å². The standard InChI is InChI=1S/C22H20F2N4O3S/c1-3-32(25,30)27-14-5-7-19(31-20-6-4-13(23)10-18(20)24)16(11-14)17-12-28(2)22(29)21-15(17)8-9-26-21/h4-12,26H,3H2,1-2H3,(H2,25,27,30). The highest BCUT2D eigenvalue weighted by Gasteiger charge is 2.17. The number of benzene rings is 2. The van der Waals surface area contributed by atoms with Crippen LogP contribution in [-0.4, -0.2) is 19.5 Å². The topological polar surface area (TPSA) is 100.0 Å². The lowest BCUT2D eigenvalue weighted by Gasteiger charge is -2.16. The quantitative estimate of drug-likeness (QED) is 0.379. The van der Waals surface area contributed by atoms with Gasteiger partial charge in [-0.05, 0) is 36.4 Å². The Bertz CT molecular complexity index is 1490. The zero-order valence-electron chi connectivity index (χ0n) is 17.2. The van der Waals surface area contributed by atoms with Crippen molar-refractivity contribution in [2.75, 3.05) is 10.5 Å². The van der Waals surface area contributed by atoms with E-state index in [0.29, 0.717) is 27.7 Å². The minimum Gasteiger partial charge on any atom is -0.454 e. The fourth-order valence-corrected chi connectivity index (χ4v) is 3.97. The van der Waals surface area contributed by atoms with Crippen LogP contribution >= 0.6 is 0 Å². The highest BCUT2D eigenvalue weighted by molar-refractivity contribution is 7.93. The van der Waals surface area contributed by atoms with Crippen molar-refractivity contribution >= 4 is 26.5 Å². The van der Waals surface area contributed by atoms with E-state index in [1.54, 1.807) is 44.6 Å². The Kier molecular flexibility index (Phi) is 5.47. The van der Waals surface area contributed by atoms with E-state index in [-0.39, 0.29) is 22.8 Å². The number of hydrogen-bond donors (Lipinski definition) is 3. The molecule has 0 aliphatic heterocycles. The monoisotopic (exact) mass is 458 g/mol. The molecule has 4 aromatic rings. The molecular formula is C22H20F2N4O3S. The Hall–Kier alpha value is -3.66. The van der Waals surface area contributed by atoms with Gasteiger partial charge in [0.15, 0.2) is 11.6 Å². The molecule has 1 unspecified atom stereocenters. The fraction of sp³-hybridized carbons (Fsp3) is 0.136. The zero-order valence-corrected chi connectivity index (χ0v) is 18.1. The Morgan fingerprint density at radius 2 is 1.88 bits per heavy atom. The third-order valence-corrected chi connectivity index (χ3v) is 6.35. The van der Waals surface area contributed by atoms with Crippen molar-refractivity contribution in [3.63, 3.8) is 0 Å². The van der Waals surface area contributed by atoms with Crippen LogP contribution < -0.4 is 15.0 Å². The smallest absolute Gasteiger partial charge is 0.274 e. The third kappa shape index (κ3) is 4.09. The third-order valence-electron chi connectivity index (χ3n) is 4.97. The number of halogens is 2. The van der Waals surface area contributed by atoms with Gasteiger partial charge in [0.25, 0.3) is 5.56 Å². The highest BCUT2D eigenvalue weighted by Crippen LogP contribution is 2.39. The summed E-state index contributed by atoms with van der Waals surface area (Å²) in [6, 6.07) is 9.43. The molecule has 0 fully saturated rings. The number of hydrogen-bond acceptors (Lipinski definition) is 4. The molecule has 0 radical (unpaired) electrons. The predicted molar refractivity (Wildman–Crippen MR) is 120 cm³/mol. The molecule has 0 saturated carbocycles. The molecule has 0 amide bonds. The largest absolute Gasteiger partial charge is 0.454 e. The van der Waals surface area contributed by atoms with Crippen LogP contribution in [0.3, 0.4) is 0 Å². The Morgan fingerprint density at radius 1 is 1.12 bits per heavy atom. The lowest BCUT2D eigenvalue weighted by Crippen LogP contribution is -2.16. The molecule has 166 valence electrons. The van der Waals surface area contributed by atoms with Gasteiger partial charge in [-0.1, -0.05) is 6.92 Å². The van der Waals surface area contributed by atoms with Crippen molar-refractivity contribution in [1.29, 1.82) is 4.78 Å². The fourth-order valence-electron chi connectivity index (χ4n) is 3.32. The first-order valence-corrected chi connectivity index (χ1v) is 11.4. The molecule has 0 aliphatic carbocycles. The predicted octanol–water partition coefficient (Wildman–Crippen LogP) is 5.00. The first-order valence-electron chi connectivity index (χ1n) is 9.67. The normalized spacial score (nSPS) is 13.1. The Morgan fingerprint density at radius 3 is 2.59 bits per heavy atom. The van der Waals surface area contributed by atoms with Crippen molar-refractivity contribution in [3.8, 4) is 22.6 Å². The summed E-state index contributed by atoms with van der Waals surface area (Å²) < 4.78 is 57.6. The number of fused-ring (bicyclic) bond motifs is 1. The number of anilines is 1. The summed E-state index contributed by atoms with van der Waals surface area (Å²) in [7, 11) is -1.46. The van der Waals surface area contributed by atoms with Gasteiger partial charge in [-0.2, -0.15) is 0 Å². The minimum atomic E-state index is -3.06. The molecule has 2 aromatic carbocycles. The van der Waals surface area contributed by atoms with Gasteiger partial charge in [-0.15, -0.1) is 0 Å². The highest BCUT2D eigenvalue weighted by atomic mass is 32.2. The van der Waals surface area contributed by atoms with Gasteiger partial charge in [-0.3, -0.25) is 9.52 Å². The second-order valence-corrected chi connectivity index (χ2v) is 9.31. The summed E-state index contributed by atoms with van der Waals surface area (Å²) in [5.41, 5.74) is 1.60. The molecule has 32 heavy (non-hydrogen) atoms. The van der Waals surface area contributed by atoms with Gasteiger partial charge in [-0.25, -0.2) is 17.8 Å². The van der Waals surface area contributed by atoms with Gasteiger partial charge in [0.2, 0.25) is 0 Å². The number of aryl methyl sites for hydroxylation is 1. The van der Waals surface area contributed by atoms with Crippen LogP contribution in [0.2, 0.25) is 0 Å². The van der Waals surface area contributed by atoms with E-state index >= 15 is 0 Å². The summed E-state index contributed by atoms with van der Waals surface area (Å²) in [4.78, 5) is 15.4. The maximum Gasteiger partial charge on any atom is 0.274 e.